The van der Waals surface area contributed by atoms with Gasteiger partial charge in [0.2, 0.25) is 15.9 Å². The van der Waals surface area contributed by atoms with Gasteiger partial charge in [0.15, 0.2) is 11.5 Å². The Bertz CT molecular complexity index is 999. The lowest BCUT2D eigenvalue weighted by Gasteiger charge is -2.17. The molecule has 0 aliphatic carbocycles. The number of hydrogen-bond acceptors (Lipinski definition) is 5. The van der Waals surface area contributed by atoms with Crippen LogP contribution >= 0.6 is 0 Å². The van der Waals surface area contributed by atoms with Gasteiger partial charge in [0, 0.05) is 19.5 Å². The normalized spacial score (nSPS) is 15.5. The molecule has 168 valence electrons. The molecule has 1 N–H and O–H groups in total. The van der Waals surface area contributed by atoms with Gasteiger partial charge in [0.25, 0.3) is 0 Å². The van der Waals surface area contributed by atoms with E-state index in [0.29, 0.717) is 42.3 Å². The van der Waals surface area contributed by atoms with Gasteiger partial charge in [-0.25, -0.2) is 8.42 Å². The van der Waals surface area contributed by atoms with E-state index in [0.717, 1.165) is 24.0 Å². The Hall–Kier alpha value is -2.58. The molecule has 1 aliphatic rings. The van der Waals surface area contributed by atoms with Crippen molar-refractivity contribution in [3.05, 3.63) is 53.6 Å². The predicted octanol–water partition coefficient (Wildman–Crippen LogP) is 3.30. The molecule has 0 radical (unpaired) electrons. The molecule has 7 nitrogen and oxygen atoms in total. The van der Waals surface area contributed by atoms with Crippen LogP contribution in [0.1, 0.15) is 43.4 Å². The molecule has 1 fully saturated rings. The van der Waals surface area contributed by atoms with Gasteiger partial charge in [-0.15, -0.1) is 0 Å². The molecule has 1 atom stereocenters. The molecule has 0 bridgehead atoms. The molecule has 0 saturated carbocycles. The van der Waals surface area contributed by atoms with Crippen LogP contribution in [0.15, 0.2) is 47.4 Å². The van der Waals surface area contributed by atoms with Crippen molar-refractivity contribution >= 4 is 15.9 Å². The highest BCUT2D eigenvalue weighted by molar-refractivity contribution is 7.89. The zero-order chi connectivity index (χ0) is 22.4. The van der Waals surface area contributed by atoms with Crippen LogP contribution in [-0.4, -0.2) is 45.9 Å². The van der Waals surface area contributed by atoms with E-state index < -0.39 is 10.0 Å². The summed E-state index contributed by atoms with van der Waals surface area (Å²) in [5.41, 5.74) is 1.84. The summed E-state index contributed by atoms with van der Waals surface area (Å²) < 4.78 is 37.3. The number of methoxy groups -OCH3 is 2. The van der Waals surface area contributed by atoms with Crippen molar-refractivity contribution in [1.29, 1.82) is 0 Å². The van der Waals surface area contributed by atoms with Gasteiger partial charge in [-0.2, -0.15) is 4.31 Å². The lowest BCUT2D eigenvalue weighted by atomic mass is 10.1. The molecule has 1 saturated heterocycles. The standard InChI is InChI=1S/C23H30N2O5S/c1-17(19-9-12-21(29-2)22(16-19)30-3)24-23(26)13-8-18-6-10-20(11-7-18)31(27,28)25-14-4-5-15-25/h6-7,9-12,16-17H,4-5,8,13-15H2,1-3H3,(H,24,26)/t17-/m0/s1. The highest BCUT2D eigenvalue weighted by Gasteiger charge is 2.26. The molecule has 0 aromatic heterocycles. The molecular weight excluding hydrogens is 416 g/mol. The van der Waals surface area contributed by atoms with Crippen molar-refractivity contribution in [3.8, 4) is 11.5 Å². The Morgan fingerprint density at radius 3 is 2.29 bits per heavy atom. The number of aryl methyl sites for hydroxylation is 1. The van der Waals surface area contributed by atoms with Gasteiger partial charge in [-0.3, -0.25) is 4.79 Å². The maximum absolute atomic E-state index is 12.6. The minimum absolute atomic E-state index is 0.0731. The number of carbonyl (C=O) groups is 1. The Morgan fingerprint density at radius 2 is 1.68 bits per heavy atom. The van der Waals surface area contributed by atoms with Gasteiger partial charge < -0.3 is 14.8 Å². The van der Waals surface area contributed by atoms with E-state index in [4.69, 9.17) is 9.47 Å². The fourth-order valence-corrected chi connectivity index (χ4v) is 5.20. The summed E-state index contributed by atoms with van der Waals surface area (Å²) in [6.07, 6.45) is 2.67. The van der Waals surface area contributed by atoms with Gasteiger partial charge in [0.05, 0.1) is 25.2 Å². The highest BCUT2D eigenvalue weighted by Crippen LogP contribution is 2.30. The molecule has 0 spiro atoms. The predicted molar refractivity (Wildman–Crippen MR) is 119 cm³/mol. The highest BCUT2D eigenvalue weighted by atomic mass is 32.2. The summed E-state index contributed by atoms with van der Waals surface area (Å²) in [6, 6.07) is 12.2. The van der Waals surface area contributed by atoms with Crippen molar-refractivity contribution < 1.29 is 22.7 Å². The van der Waals surface area contributed by atoms with Crippen LogP contribution in [0.3, 0.4) is 0 Å². The molecule has 2 aromatic carbocycles. The monoisotopic (exact) mass is 446 g/mol. The number of hydrogen-bond donors (Lipinski definition) is 1. The average Bonchev–Trinajstić information content (AvgIpc) is 3.33. The first-order valence-corrected chi connectivity index (χ1v) is 11.9. The molecule has 1 aliphatic heterocycles. The minimum atomic E-state index is -3.41. The lowest BCUT2D eigenvalue weighted by Crippen LogP contribution is -2.28. The maximum Gasteiger partial charge on any atom is 0.243 e. The number of nitrogens with zero attached hydrogens (tertiary/aromatic N) is 1. The molecule has 3 rings (SSSR count). The van der Waals surface area contributed by atoms with Crippen LogP contribution in [0.4, 0.5) is 0 Å². The van der Waals surface area contributed by atoms with Crippen LogP contribution in [0.5, 0.6) is 11.5 Å². The number of benzene rings is 2. The van der Waals surface area contributed by atoms with Crippen LogP contribution < -0.4 is 14.8 Å². The molecule has 31 heavy (non-hydrogen) atoms. The number of rotatable bonds is 9. The first-order chi connectivity index (χ1) is 14.8. The largest absolute Gasteiger partial charge is 0.493 e. The molecule has 1 amide bonds. The van der Waals surface area contributed by atoms with E-state index in [1.165, 1.54) is 4.31 Å². The van der Waals surface area contributed by atoms with Crippen molar-refractivity contribution in [3.63, 3.8) is 0 Å². The van der Waals surface area contributed by atoms with E-state index in [9.17, 15) is 13.2 Å². The number of nitrogens with one attached hydrogen (secondary N) is 1. The second-order valence-electron chi connectivity index (χ2n) is 7.66. The fourth-order valence-electron chi connectivity index (χ4n) is 3.68. The van der Waals surface area contributed by atoms with E-state index in [2.05, 4.69) is 5.32 Å². The Balaban J connectivity index is 1.54. The zero-order valence-electron chi connectivity index (χ0n) is 18.3. The number of amides is 1. The number of carbonyl (C=O) groups excluding carboxylic acids is 1. The van der Waals surface area contributed by atoms with E-state index in [1.54, 1.807) is 38.5 Å². The molecule has 0 unspecified atom stereocenters. The smallest absolute Gasteiger partial charge is 0.243 e. The first kappa shape index (κ1) is 23.1. The Morgan fingerprint density at radius 1 is 1.03 bits per heavy atom. The third kappa shape index (κ3) is 5.57. The summed E-state index contributed by atoms with van der Waals surface area (Å²) in [5.74, 6) is 1.18. The van der Waals surface area contributed by atoms with Crippen LogP contribution in [-0.2, 0) is 21.2 Å². The van der Waals surface area contributed by atoms with Crippen molar-refractivity contribution in [2.45, 2.75) is 43.5 Å². The van der Waals surface area contributed by atoms with E-state index in [-0.39, 0.29) is 11.9 Å². The summed E-state index contributed by atoms with van der Waals surface area (Å²) in [6.45, 7) is 3.09. The summed E-state index contributed by atoms with van der Waals surface area (Å²) in [4.78, 5) is 12.7. The molecule has 1 heterocycles. The van der Waals surface area contributed by atoms with Crippen molar-refractivity contribution in [2.75, 3.05) is 27.3 Å². The van der Waals surface area contributed by atoms with Crippen LogP contribution in [0, 0.1) is 0 Å². The zero-order valence-corrected chi connectivity index (χ0v) is 19.1. The number of sulfonamides is 1. The van der Waals surface area contributed by atoms with E-state index >= 15 is 0 Å². The first-order valence-electron chi connectivity index (χ1n) is 10.5. The van der Waals surface area contributed by atoms with Gasteiger partial charge >= 0.3 is 0 Å². The second kappa shape index (κ2) is 10.2. The maximum atomic E-state index is 12.6. The topological polar surface area (TPSA) is 84.9 Å². The van der Waals surface area contributed by atoms with Crippen LogP contribution in [0.2, 0.25) is 0 Å². The summed E-state index contributed by atoms with van der Waals surface area (Å²) in [5, 5.41) is 2.99. The van der Waals surface area contributed by atoms with Gasteiger partial charge in [-0.05, 0) is 61.6 Å². The Kier molecular flexibility index (Phi) is 7.56. The minimum Gasteiger partial charge on any atom is -0.493 e. The third-order valence-corrected chi connectivity index (χ3v) is 7.46. The summed E-state index contributed by atoms with van der Waals surface area (Å²) >= 11 is 0. The van der Waals surface area contributed by atoms with E-state index in [1.807, 2.05) is 25.1 Å². The SMILES string of the molecule is COc1ccc([C@H](C)NC(=O)CCc2ccc(S(=O)(=O)N3CCCC3)cc2)cc1OC. The fraction of sp³-hybridized carbons (Fsp3) is 0.435. The summed E-state index contributed by atoms with van der Waals surface area (Å²) in [7, 11) is -0.253. The Labute approximate surface area is 184 Å². The van der Waals surface area contributed by atoms with Crippen LogP contribution in [0.25, 0.3) is 0 Å². The molecule has 8 heteroatoms. The van der Waals surface area contributed by atoms with Crippen molar-refractivity contribution in [1.82, 2.24) is 9.62 Å². The average molecular weight is 447 g/mol. The number of ether oxygens (including phenoxy) is 2. The quantitative estimate of drug-likeness (QED) is 0.639. The molecule has 2 aromatic rings. The third-order valence-electron chi connectivity index (χ3n) is 5.55. The second-order valence-corrected chi connectivity index (χ2v) is 9.60. The molecular formula is C23H30N2O5S. The van der Waals surface area contributed by atoms with Crippen molar-refractivity contribution in [2.24, 2.45) is 0 Å². The van der Waals surface area contributed by atoms with Gasteiger partial charge in [0.1, 0.15) is 0 Å². The lowest BCUT2D eigenvalue weighted by molar-refractivity contribution is -0.121. The van der Waals surface area contributed by atoms with Gasteiger partial charge in [-0.1, -0.05) is 18.2 Å².